The second-order valence-electron chi connectivity index (χ2n) is 6.88. The molecule has 2 heterocycles. The number of allylic oxidation sites excluding steroid dienone is 3. The van der Waals surface area contributed by atoms with E-state index >= 15 is 0 Å². The number of unbranched alkanes of at least 4 members (excludes halogenated alkanes) is 1. The fraction of sp³-hybridized carbons (Fsp3) is 0.286. The first-order valence-electron chi connectivity index (χ1n) is 9.51. The molecule has 8 heteroatoms. The molecule has 1 aliphatic heterocycles. The van der Waals surface area contributed by atoms with E-state index in [0.717, 1.165) is 22.9 Å². The number of halogens is 1. The van der Waals surface area contributed by atoms with Crippen molar-refractivity contribution in [2.75, 3.05) is 6.54 Å². The Morgan fingerprint density at radius 2 is 2.00 bits per heavy atom. The van der Waals surface area contributed by atoms with E-state index in [-0.39, 0.29) is 18.5 Å². The fourth-order valence-corrected chi connectivity index (χ4v) is 3.63. The Bertz CT molecular complexity index is 1040. The van der Waals surface area contributed by atoms with Gasteiger partial charge in [0.15, 0.2) is 6.54 Å². The van der Waals surface area contributed by atoms with Gasteiger partial charge in [0.25, 0.3) is 5.89 Å². The molecule has 1 atom stereocenters. The van der Waals surface area contributed by atoms with E-state index in [1.165, 1.54) is 4.90 Å². The van der Waals surface area contributed by atoms with Crippen LogP contribution in [0.3, 0.4) is 0 Å². The normalized spacial score (nSPS) is 18.6. The third-order valence-corrected chi connectivity index (χ3v) is 5.43. The van der Waals surface area contributed by atoms with Crippen LogP contribution in [0, 0.1) is 5.92 Å². The molecule has 2 aliphatic rings. The Balaban J connectivity index is 1.65. The van der Waals surface area contributed by atoms with Crippen LogP contribution in [0.4, 0.5) is 4.79 Å². The number of benzene rings is 1. The van der Waals surface area contributed by atoms with Gasteiger partial charge in [0, 0.05) is 10.0 Å². The number of rotatable bonds is 6. The van der Waals surface area contributed by atoms with Crippen molar-refractivity contribution in [3.63, 3.8) is 0 Å². The predicted molar refractivity (Wildman–Crippen MR) is 110 cm³/mol. The fourth-order valence-electron chi connectivity index (χ4n) is 3.37. The second-order valence-corrected chi connectivity index (χ2v) is 7.79. The largest absolute Gasteiger partial charge is 0.501 e. The number of imide groups is 1. The van der Waals surface area contributed by atoms with Gasteiger partial charge in [0.2, 0.25) is 5.82 Å². The average molecular weight is 456 g/mol. The van der Waals surface area contributed by atoms with Crippen LogP contribution in [0.2, 0.25) is 0 Å². The molecule has 1 unspecified atom stereocenters. The van der Waals surface area contributed by atoms with Crippen molar-refractivity contribution in [1.29, 1.82) is 0 Å². The maximum absolute atomic E-state index is 13.1. The minimum atomic E-state index is -0.469. The summed E-state index contributed by atoms with van der Waals surface area (Å²) in [5.74, 6) is 0.117. The molecule has 0 radical (unpaired) electrons. The number of carbonyl (C=O) groups excluding carboxylic acids is 2. The SMILES string of the molecule is CCCCN1C(=O)C2C=CC=CC2=[N+](Cc2nc(-c3ccc(Br)cc3)no2)C1=O. The summed E-state index contributed by atoms with van der Waals surface area (Å²) in [5, 5.41) is 4.03. The molecular weight excluding hydrogens is 436 g/mol. The molecule has 148 valence electrons. The van der Waals surface area contributed by atoms with Crippen LogP contribution in [-0.2, 0) is 11.3 Å². The first-order valence-corrected chi connectivity index (χ1v) is 10.3. The van der Waals surface area contributed by atoms with Gasteiger partial charge in [-0.1, -0.05) is 52.7 Å². The van der Waals surface area contributed by atoms with Crippen LogP contribution in [-0.4, -0.2) is 43.8 Å². The zero-order valence-electron chi connectivity index (χ0n) is 15.9. The van der Waals surface area contributed by atoms with Crippen molar-refractivity contribution in [1.82, 2.24) is 15.0 Å². The lowest BCUT2D eigenvalue weighted by Gasteiger charge is -2.26. The molecule has 2 aromatic rings. The minimum Gasteiger partial charge on any atom is -0.335 e. The Hall–Kier alpha value is -2.87. The van der Waals surface area contributed by atoms with Gasteiger partial charge in [0.1, 0.15) is 11.6 Å². The summed E-state index contributed by atoms with van der Waals surface area (Å²) in [5.41, 5.74) is 1.46. The summed E-state index contributed by atoms with van der Waals surface area (Å²) >= 11 is 3.40. The maximum Gasteiger partial charge on any atom is 0.501 e. The van der Waals surface area contributed by atoms with Gasteiger partial charge < -0.3 is 4.52 Å². The van der Waals surface area contributed by atoms with Gasteiger partial charge >= 0.3 is 11.9 Å². The topological polar surface area (TPSA) is 79.3 Å². The van der Waals surface area contributed by atoms with E-state index in [0.29, 0.717) is 24.0 Å². The van der Waals surface area contributed by atoms with Crippen molar-refractivity contribution in [3.8, 4) is 11.4 Å². The highest BCUT2D eigenvalue weighted by Crippen LogP contribution is 2.23. The van der Waals surface area contributed by atoms with Crippen molar-refractivity contribution < 1.29 is 18.7 Å². The first kappa shape index (κ1) is 19.4. The van der Waals surface area contributed by atoms with Crippen LogP contribution < -0.4 is 0 Å². The summed E-state index contributed by atoms with van der Waals surface area (Å²) in [6.07, 6.45) is 8.93. The number of urea groups is 1. The highest BCUT2D eigenvalue weighted by Gasteiger charge is 2.46. The Morgan fingerprint density at radius 3 is 2.76 bits per heavy atom. The average Bonchev–Trinajstić information content (AvgIpc) is 3.20. The molecule has 1 aliphatic carbocycles. The minimum absolute atomic E-state index is 0.113. The van der Waals surface area contributed by atoms with E-state index in [2.05, 4.69) is 26.1 Å². The highest BCUT2D eigenvalue weighted by molar-refractivity contribution is 9.10. The van der Waals surface area contributed by atoms with E-state index in [1.807, 2.05) is 49.4 Å². The van der Waals surface area contributed by atoms with Crippen LogP contribution in [0.15, 0.2) is 57.6 Å². The van der Waals surface area contributed by atoms with E-state index in [9.17, 15) is 9.59 Å². The number of aromatic nitrogens is 2. The van der Waals surface area contributed by atoms with Gasteiger partial charge in [0.05, 0.1) is 6.54 Å². The van der Waals surface area contributed by atoms with Crippen LogP contribution in [0.1, 0.15) is 25.7 Å². The molecule has 0 saturated heterocycles. The van der Waals surface area contributed by atoms with Gasteiger partial charge in [-0.3, -0.25) is 0 Å². The lowest BCUT2D eigenvalue weighted by atomic mass is 9.94. The van der Waals surface area contributed by atoms with Gasteiger partial charge in [-0.15, -0.1) is 0 Å². The summed E-state index contributed by atoms with van der Waals surface area (Å²) in [6.45, 7) is 2.54. The number of fused-ring (bicyclic) bond motifs is 1. The van der Waals surface area contributed by atoms with Crippen LogP contribution >= 0.6 is 15.9 Å². The van der Waals surface area contributed by atoms with E-state index in [4.69, 9.17) is 4.52 Å². The van der Waals surface area contributed by atoms with Crippen molar-refractivity contribution >= 4 is 33.6 Å². The molecule has 1 aromatic carbocycles. The summed E-state index contributed by atoms with van der Waals surface area (Å²) < 4.78 is 7.91. The van der Waals surface area contributed by atoms with Gasteiger partial charge in [-0.05, 0) is 36.8 Å². The quantitative estimate of drug-likeness (QED) is 0.615. The zero-order chi connectivity index (χ0) is 20.4. The molecular formula is C21H20BrN4O3+. The highest BCUT2D eigenvalue weighted by atomic mass is 79.9. The lowest BCUT2D eigenvalue weighted by molar-refractivity contribution is -0.460. The molecule has 0 fully saturated rings. The molecule has 1 aromatic heterocycles. The molecule has 29 heavy (non-hydrogen) atoms. The number of nitrogens with zero attached hydrogens (tertiary/aromatic N) is 4. The van der Waals surface area contributed by atoms with Crippen molar-refractivity contribution in [2.24, 2.45) is 5.92 Å². The monoisotopic (exact) mass is 455 g/mol. The second kappa shape index (κ2) is 8.24. The summed E-state index contributed by atoms with van der Waals surface area (Å²) in [6, 6.07) is 7.22. The molecule has 3 amide bonds. The number of hydrogen-bond donors (Lipinski definition) is 0. The maximum atomic E-state index is 13.1. The molecule has 0 saturated carbocycles. The van der Waals surface area contributed by atoms with Crippen molar-refractivity contribution in [2.45, 2.75) is 26.3 Å². The third-order valence-electron chi connectivity index (χ3n) is 4.91. The van der Waals surface area contributed by atoms with E-state index in [1.54, 1.807) is 10.7 Å². The van der Waals surface area contributed by atoms with Gasteiger partial charge in [-0.2, -0.15) is 19.3 Å². The molecule has 0 N–H and O–H groups in total. The Kier molecular flexibility index (Phi) is 5.53. The number of amides is 3. The molecule has 0 bridgehead atoms. The van der Waals surface area contributed by atoms with Crippen LogP contribution in [0.5, 0.6) is 0 Å². The standard InChI is InChI=1S/C21H20BrN4O3/c1-2-3-12-25-20(27)16-6-4-5-7-17(16)26(21(25)28)13-18-23-19(24-29-18)14-8-10-15(22)11-9-14/h4-11,16H,2-3,12-13H2,1H3/q+1. The number of hydrogen-bond acceptors (Lipinski definition) is 5. The Morgan fingerprint density at radius 1 is 1.21 bits per heavy atom. The lowest BCUT2D eigenvalue weighted by Crippen LogP contribution is -2.54. The summed E-state index contributed by atoms with van der Waals surface area (Å²) in [7, 11) is 0. The summed E-state index contributed by atoms with van der Waals surface area (Å²) in [4.78, 5) is 31.6. The predicted octanol–water partition coefficient (Wildman–Crippen LogP) is 3.96. The van der Waals surface area contributed by atoms with Gasteiger partial charge in [-0.25, -0.2) is 4.79 Å². The molecule has 4 rings (SSSR count). The van der Waals surface area contributed by atoms with Crippen molar-refractivity contribution in [3.05, 3.63) is 58.9 Å². The smallest absolute Gasteiger partial charge is 0.335 e. The Labute approximate surface area is 176 Å². The van der Waals surface area contributed by atoms with Crippen LogP contribution in [0.25, 0.3) is 11.4 Å². The molecule has 7 nitrogen and oxygen atoms in total. The first-order chi connectivity index (χ1) is 14.1. The third kappa shape index (κ3) is 3.85. The molecule has 0 spiro atoms. The number of carbonyl (C=O) groups is 2. The van der Waals surface area contributed by atoms with E-state index < -0.39 is 5.92 Å². The zero-order valence-corrected chi connectivity index (χ0v) is 17.5.